The summed E-state index contributed by atoms with van der Waals surface area (Å²) in [6, 6.07) is 16.4. The highest BCUT2D eigenvalue weighted by Crippen LogP contribution is 2.24. The molecule has 5 nitrogen and oxygen atoms in total. The van der Waals surface area contributed by atoms with E-state index in [1.807, 2.05) is 53.4 Å². The number of benzene rings is 2. The van der Waals surface area contributed by atoms with E-state index in [4.69, 9.17) is 0 Å². The number of piperazine rings is 1. The Morgan fingerprint density at radius 1 is 0.964 bits per heavy atom. The molecule has 2 aromatic rings. The molecule has 1 N–H and O–H groups in total. The van der Waals surface area contributed by atoms with Gasteiger partial charge in [-0.1, -0.05) is 36.4 Å². The Labute approximate surface area is 166 Å². The molecule has 2 heterocycles. The van der Waals surface area contributed by atoms with Gasteiger partial charge in [0.15, 0.2) is 0 Å². The van der Waals surface area contributed by atoms with Crippen LogP contribution >= 0.6 is 0 Å². The SMILES string of the molecule is CNC(=O)Cc1ccc(-c2ccc(C(=O)N3CCN4CCC[C@H]4C3)cc2)cc1. The van der Waals surface area contributed by atoms with E-state index in [0.717, 1.165) is 41.9 Å². The van der Waals surface area contributed by atoms with Gasteiger partial charge in [-0.05, 0) is 48.2 Å². The average Bonchev–Trinajstić information content (AvgIpc) is 3.21. The number of nitrogens with zero attached hydrogens (tertiary/aromatic N) is 2. The number of nitrogens with one attached hydrogen (secondary N) is 1. The van der Waals surface area contributed by atoms with E-state index in [9.17, 15) is 9.59 Å². The maximum atomic E-state index is 12.9. The van der Waals surface area contributed by atoms with Gasteiger partial charge < -0.3 is 10.2 Å². The first kappa shape index (κ1) is 18.7. The van der Waals surface area contributed by atoms with Crippen LogP contribution in [0.15, 0.2) is 48.5 Å². The molecule has 28 heavy (non-hydrogen) atoms. The zero-order chi connectivity index (χ0) is 19.5. The van der Waals surface area contributed by atoms with Gasteiger partial charge in [-0.15, -0.1) is 0 Å². The molecular formula is C23H27N3O2. The Bertz CT molecular complexity index is 845. The monoisotopic (exact) mass is 377 g/mol. The third kappa shape index (κ3) is 3.94. The highest BCUT2D eigenvalue weighted by molar-refractivity contribution is 5.94. The summed E-state index contributed by atoms with van der Waals surface area (Å²) in [5.74, 6) is 0.146. The fourth-order valence-corrected chi connectivity index (χ4v) is 4.25. The lowest BCUT2D eigenvalue weighted by Crippen LogP contribution is -2.52. The second kappa shape index (κ2) is 8.15. The van der Waals surface area contributed by atoms with E-state index in [2.05, 4.69) is 10.2 Å². The van der Waals surface area contributed by atoms with Crippen LogP contribution in [0.3, 0.4) is 0 Å². The van der Waals surface area contributed by atoms with Crippen molar-refractivity contribution in [1.82, 2.24) is 15.1 Å². The van der Waals surface area contributed by atoms with Gasteiger partial charge in [-0.3, -0.25) is 14.5 Å². The Morgan fingerprint density at radius 3 is 2.32 bits per heavy atom. The minimum atomic E-state index is 0.00838. The Hall–Kier alpha value is -2.66. The van der Waals surface area contributed by atoms with Crippen LogP contribution in [0, 0.1) is 0 Å². The van der Waals surface area contributed by atoms with Crippen LogP contribution in [-0.4, -0.2) is 60.9 Å². The normalized spacial score (nSPS) is 19.3. The number of carbonyl (C=O) groups excluding carboxylic acids is 2. The summed E-state index contributed by atoms with van der Waals surface area (Å²) in [5.41, 5.74) is 3.90. The van der Waals surface area contributed by atoms with Crippen LogP contribution in [0.25, 0.3) is 11.1 Å². The van der Waals surface area contributed by atoms with Crippen LogP contribution in [0.2, 0.25) is 0 Å². The van der Waals surface area contributed by atoms with E-state index in [-0.39, 0.29) is 11.8 Å². The number of hydrogen-bond donors (Lipinski definition) is 1. The van der Waals surface area contributed by atoms with Gasteiger partial charge in [-0.2, -0.15) is 0 Å². The second-order valence-corrected chi connectivity index (χ2v) is 7.71. The van der Waals surface area contributed by atoms with Gasteiger partial charge in [0.25, 0.3) is 5.91 Å². The van der Waals surface area contributed by atoms with Crippen molar-refractivity contribution < 1.29 is 9.59 Å². The van der Waals surface area contributed by atoms with Crippen molar-refractivity contribution >= 4 is 11.8 Å². The molecule has 2 fully saturated rings. The molecule has 2 aliphatic rings. The van der Waals surface area contributed by atoms with Crippen molar-refractivity contribution in [3.05, 3.63) is 59.7 Å². The van der Waals surface area contributed by atoms with Crippen LogP contribution in [-0.2, 0) is 11.2 Å². The molecule has 2 aromatic carbocycles. The van der Waals surface area contributed by atoms with Crippen LogP contribution in [0.5, 0.6) is 0 Å². The lowest BCUT2D eigenvalue weighted by molar-refractivity contribution is -0.119. The molecule has 2 saturated heterocycles. The minimum absolute atomic E-state index is 0.00838. The van der Waals surface area contributed by atoms with Gasteiger partial charge in [0.1, 0.15) is 0 Å². The molecule has 0 bridgehead atoms. The molecule has 0 aromatic heterocycles. The first-order chi connectivity index (χ1) is 13.6. The van der Waals surface area contributed by atoms with E-state index < -0.39 is 0 Å². The smallest absolute Gasteiger partial charge is 0.253 e. The second-order valence-electron chi connectivity index (χ2n) is 7.71. The molecule has 1 atom stereocenters. The van der Waals surface area contributed by atoms with Crippen molar-refractivity contribution in [3.8, 4) is 11.1 Å². The standard InChI is InChI=1S/C23H27N3O2/c1-24-22(27)15-17-4-6-18(7-5-17)19-8-10-20(11-9-19)23(28)26-14-13-25-12-2-3-21(25)16-26/h4-11,21H,2-3,12-16H2,1H3,(H,24,27)/t21-/m0/s1. The van der Waals surface area contributed by atoms with E-state index >= 15 is 0 Å². The van der Waals surface area contributed by atoms with E-state index in [1.165, 1.54) is 19.4 Å². The van der Waals surface area contributed by atoms with Crippen LogP contribution in [0.1, 0.15) is 28.8 Å². The van der Waals surface area contributed by atoms with Crippen LogP contribution < -0.4 is 5.32 Å². The summed E-state index contributed by atoms with van der Waals surface area (Å²) in [4.78, 5) is 28.9. The summed E-state index contributed by atoms with van der Waals surface area (Å²) >= 11 is 0. The summed E-state index contributed by atoms with van der Waals surface area (Å²) in [6.07, 6.45) is 2.85. The quantitative estimate of drug-likeness (QED) is 0.891. The number of likely N-dealkylation sites (N-methyl/N-ethyl adjacent to an activating group) is 1. The van der Waals surface area contributed by atoms with Gasteiger partial charge >= 0.3 is 0 Å². The Morgan fingerprint density at radius 2 is 1.64 bits per heavy atom. The maximum absolute atomic E-state index is 12.9. The molecule has 0 radical (unpaired) electrons. The summed E-state index contributed by atoms with van der Waals surface area (Å²) in [7, 11) is 1.65. The Balaban J connectivity index is 1.42. The molecule has 0 saturated carbocycles. The fraction of sp³-hybridized carbons (Fsp3) is 0.391. The molecule has 146 valence electrons. The molecule has 0 unspecified atom stereocenters. The lowest BCUT2D eigenvalue weighted by atomic mass is 10.0. The molecular weight excluding hydrogens is 350 g/mol. The minimum Gasteiger partial charge on any atom is -0.359 e. The van der Waals surface area contributed by atoms with E-state index in [0.29, 0.717) is 12.5 Å². The predicted octanol–water partition coefficient (Wildman–Crippen LogP) is 2.56. The average molecular weight is 377 g/mol. The zero-order valence-corrected chi connectivity index (χ0v) is 16.4. The van der Waals surface area contributed by atoms with Gasteiger partial charge in [0.2, 0.25) is 5.91 Å². The first-order valence-corrected chi connectivity index (χ1v) is 10.1. The third-order valence-electron chi connectivity index (χ3n) is 5.94. The largest absolute Gasteiger partial charge is 0.359 e. The zero-order valence-electron chi connectivity index (χ0n) is 16.4. The summed E-state index contributed by atoms with van der Waals surface area (Å²) in [6.45, 7) is 3.86. The van der Waals surface area contributed by atoms with Crippen molar-refractivity contribution in [3.63, 3.8) is 0 Å². The van der Waals surface area contributed by atoms with Crippen molar-refractivity contribution in [1.29, 1.82) is 0 Å². The van der Waals surface area contributed by atoms with Crippen LogP contribution in [0.4, 0.5) is 0 Å². The van der Waals surface area contributed by atoms with Gasteiger partial charge in [0.05, 0.1) is 6.42 Å². The number of rotatable bonds is 4. The first-order valence-electron chi connectivity index (χ1n) is 10.1. The predicted molar refractivity (Wildman–Crippen MR) is 110 cm³/mol. The molecule has 4 rings (SSSR count). The maximum Gasteiger partial charge on any atom is 0.253 e. The van der Waals surface area contributed by atoms with Crippen molar-refractivity contribution in [2.24, 2.45) is 0 Å². The summed E-state index contributed by atoms with van der Waals surface area (Å²) in [5, 5.41) is 2.64. The van der Waals surface area contributed by atoms with Gasteiger partial charge in [-0.25, -0.2) is 0 Å². The molecule has 0 aliphatic carbocycles. The van der Waals surface area contributed by atoms with Crippen molar-refractivity contribution in [2.45, 2.75) is 25.3 Å². The number of fused-ring (bicyclic) bond motifs is 1. The molecule has 5 heteroatoms. The highest BCUT2D eigenvalue weighted by Gasteiger charge is 2.32. The third-order valence-corrected chi connectivity index (χ3v) is 5.94. The van der Waals surface area contributed by atoms with Gasteiger partial charge in [0, 0.05) is 38.3 Å². The lowest BCUT2D eigenvalue weighted by Gasteiger charge is -2.37. The van der Waals surface area contributed by atoms with Crippen molar-refractivity contribution in [2.75, 3.05) is 33.2 Å². The molecule has 2 aliphatic heterocycles. The Kier molecular flexibility index (Phi) is 5.44. The fourth-order valence-electron chi connectivity index (χ4n) is 4.25. The van der Waals surface area contributed by atoms with E-state index in [1.54, 1.807) is 7.05 Å². The topological polar surface area (TPSA) is 52.7 Å². The number of amides is 2. The highest BCUT2D eigenvalue weighted by atomic mass is 16.2. The molecule has 0 spiro atoms. The number of carbonyl (C=O) groups is 2. The molecule has 2 amide bonds. The number of hydrogen-bond acceptors (Lipinski definition) is 3. The summed E-state index contributed by atoms with van der Waals surface area (Å²) < 4.78 is 0.